The van der Waals surface area contributed by atoms with Crippen LogP contribution in [0.1, 0.15) is 25.7 Å². The summed E-state index contributed by atoms with van der Waals surface area (Å²) in [6.07, 6.45) is 5.80. The second kappa shape index (κ2) is 2.76. The predicted octanol–water partition coefficient (Wildman–Crippen LogP) is 1.34. The molecule has 0 unspecified atom stereocenters. The van der Waals surface area contributed by atoms with E-state index >= 15 is 0 Å². The highest BCUT2D eigenvalue weighted by Gasteiger charge is 2.38. The van der Waals surface area contributed by atoms with Gasteiger partial charge in [-0.1, -0.05) is 0 Å². The minimum absolute atomic E-state index is 0.902. The summed E-state index contributed by atoms with van der Waals surface area (Å²) in [7, 11) is 4.33. The fourth-order valence-electron chi connectivity index (χ4n) is 2.46. The molecule has 0 spiro atoms. The number of hydrogen-bond acceptors (Lipinski definition) is 2. The standard InChI is InChI=1S/C9H18N2/c1-10(2)11-7-3-4-8-5-6-9(8)11/h8-9H,3-7H2,1-2H3/t8-,9+/m1/s1. The molecule has 1 saturated carbocycles. The number of nitrogens with zero attached hydrogens (tertiary/aromatic N) is 2. The van der Waals surface area contributed by atoms with Crippen LogP contribution in [0, 0.1) is 5.92 Å². The summed E-state index contributed by atoms with van der Waals surface area (Å²) in [5.74, 6) is 1.03. The van der Waals surface area contributed by atoms with Gasteiger partial charge in [-0.05, 0) is 31.6 Å². The van der Waals surface area contributed by atoms with Crippen LogP contribution in [0.25, 0.3) is 0 Å². The molecule has 0 bridgehead atoms. The molecule has 0 aromatic heterocycles. The van der Waals surface area contributed by atoms with E-state index in [2.05, 4.69) is 24.1 Å². The quantitative estimate of drug-likeness (QED) is 0.562. The largest absolute Gasteiger partial charge is 0.248 e. The topological polar surface area (TPSA) is 6.48 Å². The normalized spacial score (nSPS) is 38.5. The van der Waals surface area contributed by atoms with Crippen molar-refractivity contribution in [3.63, 3.8) is 0 Å². The van der Waals surface area contributed by atoms with Crippen molar-refractivity contribution in [3.05, 3.63) is 0 Å². The summed E-state index contributed by atoms with van der Waals surface area (Å²) in [4.78, 5) is 0. The van der Waals surface area contributed by atoms with Gasteiger partial charge in [-0.25, -0.2) is 10.0 Å². The first-order valence-electron chi connectivity index (χ1n) is 4.73. The molecule has 2 nitrogen and oxygen atoms in total. The van der Waals surface area contributed by atoms with Crippen molar-refractivity contribution in [2.45, 2.75) is 31.7 Å². The smallest absolute Gasteiger partial charge is 0.0274 e. The van der Waals surface area contributed by atoms with Gasteiger partial charge in [0.25, 0.3) is 0 Å². The molecule has 2 fully saturated rings. The second-order valence-corrected chi connectivity index (χ2v) is 4.06. The van der Waals surface area contributed by atoms with Crippen molar-refractivity contribution in [1.29, 1.82) is 0 Å². The van der Waals surface area contributed by atoms with Crippen LogP contribution >= 0.6 is 0 Å². The highest BCUT2D eigenvalue weighted by Crippen LogP contribution is 2.39. The van der Waals surface area contributed by atoms with Crippen molar-refractivity contribution in [1.82, 2.24) is 10.0 Å². The highest BCUT2D eigenvalue weighted by molar-refractivity contribution is 4.90. The van der Waals surface area contributed by atoms with Gasteiger partial charge < -0.3 is 0 Å². The van der Waals surface area contributed by atoms with Crippen molar-refractivity contribution in [3.8, 4) is 0 Å². The first-order valence-corrected chi connectivity index (χ1v) is 4.73. The van der Waals surface area contributed by atoms with E-state index in [1.54, 1.807) is 0 Å². The average Bonchev–Trinajstić information content (AvgIpc) is 1.90. The van der Waals surface area contributed by atoms with Gasteiger partial charge in [0, 0.05) is 26.7 Å². The Kier molecular flexibility index (Phi) is 1.90. The molecule has 0 N–H and O–H groups in total. The molecule has 2 atom stereocenters. The molecule has 0 amide bonds. The maximum atomic E-state index is 2.54. The molecule has 1 aliphatic heterocycles. The monoisotopic (exact) mass is 154 g/mol. The van der Waals surface area contributed by atoms with E-state index in [1.165, 1.54) is 32.2 Å². The summed E-state index contributed by atoms with van der Waals surface area (Å²) < 4.78 is 0. The minimum atomic E-state index is 0.902. The van der Waals surface area contributed by atoms with Gasteiger partial charge in [-0.3, -0.25) is 0 Å². The molecule has 0 aromatic rings. The minimum Gasteiger partial charge on any atom is -0.248 e. The first kappa shape index (κ1) is 7.56. The number of hydrazine groups is 1. The van der Waals surface area contributed by atoms with Crippen molar-refractivity contribution >= 4 is 0 Å². The van der Waals surface area contributed by atoms with Gasteiger partial charge in [0.15, 0.2) is 0 Å². The summed E-state index contributed by atoms with van der Waals surface area (Å²) in [5.41, 5.74) is 0. The van der Waals surface area contributed by atoms with Gasteiger partial charge in [0.1, 0.15) is 0 Å². The number of hydrogen-bond donors (Lipinski definition) is 0. The summed E-state index contributed by atoms with van der Waals surface area (Å²) in [5, 5.41) is 4.81. The summed E-state index contributed by atoms with van der Waals surface area (Å²) in [6, 6.07) is 0.902. The van der Waals surface area contributed by atoms with E-state index in [-0.39, 0.29) is 0 Å². The lowest BCUT2D eigenvalue weighted by Gasteiger charge is -2.50. The maximum Gasteiger partial charge on any atom is 0.0274 e. The molecule has 2 aliphatic rings. The van der Waals surface area contributed by atoms with Crippen LogP contribution in [-0.2, 0) is 0 Å². The lowest BCUT2D eigenvalue weighted by molar-refractivity contribution is -0.102. The van der Waals surface area contributed by atoms with Crippen LogP contribution in [0.5, 0.6) is 0 Å². The molecule has 0 radical (unpaired) electrons. The van der Waals surface area contributed by atoms with Gasteiger partial charge in [0.05, 0.1) is 0 Å². The van der Waals surface area contributed by atoms with Crippen LogP contribution in [-0.4, -0.2) is 36.7 Å². The summed E-state index contributed by atoms with van der Waals surface area (Å²) >= 11 is 0. The maximum absolute atomic E-state index is 2.54. The molecule has 11 heavy (non-hydrogen) atoms. The molecule has 64 valence electrons. The number of fused-ring (bicyclic) bond motifs is 1. The van der Waals surface area contributed by atoms with Gasteiger partial charge in [0.2, 0.25) is 0 Å². The Morgan fingerprint density at radius 2 is 2.00 bits per heavy atom. The third-order valence-electron chi connectivity index (χ3n) is 3.24. The van der Waals surface area contributed by atoms with E-state index in [0.717, 1.165) is 12.0 Å². The Morgan fingerprint density at radius 1 is 1.18 bits per heavy atom. The molecule has 1 saturated heterocycles. The molecule has 0 aromatic carbocycles. The average molecular weight is 154 g/mol. The lowest BCUT2D eigenvalue weighted by atomic mass is 9.74. The van der Waals surface area contributed by atoms with E-state index in [4.69, 9.17) is 0 Å². The Hall–Kier alpha value is -0.0800. The van der Waals surface area contributed by atoms with Crippen LogP contribution in [0.3, 0.4) is 0 Å². The second-order valence-electron chi connectivity index (χ2n) is 4.06. The fraction of sp³-hybridized carbons (Fsp3) is 1.00. The number of piperidine rings is 1. The molecule has 1 heterocycles. The molecule has 2 rings (SSSR count). The Bertz CT molecular complexity index is 144. The zero-order valence-corrected chi connectivity index (χ0v) is 7.58. The molecule has 2 heteroatoms. The van der Waals surface area contributed by atoms with E-state index < -0.39 is 0 Å². The van der Waals surface area contributed by atoms with Crippen LogP contribution < -0.4 is 0 Å². The van der Waals surface area contributed by atoms with Gasteiger partial charge in [-0.15, -0.1) is 0 Å². The Balaban J connectivity index is 1.98. The van der Waals surface area contributed by atoms with Crippen molar-refractivity contribution in [2.75, 3.05) is 20.6 Å². The number of rotatable bonds is 1. The fourth-order valence-corrected chi connectivity index (χ4v) is 2.46. The SMILES string of the molecule is CN(C)N1CCC[C@@H]2CC[C@@H]21. The van der Waals surface area contributed by atoms with E-state index in [9.17, 15) is 0 Å². The van der Waals surface area contributed by atoms with E-state index in [1.807, 2.05) is 0 Å². The van der Waals surface area contributed by atoms with E-state index in [0.29, 0.717) is 0 Å². The third-order valence-corrected chi connectivity index (χ3v) is 3.24. The van der Waals surface area contributed by atoms with Gasteiger partial charge >= 0.3 is 0 Å². The summed E-state index contributed by atoms with van der Waals surface area (Å²) in [6.45, 7) is 1.29. The zero-order chi connectivity index (χ0) is 7.84. The highest BCUT2D eigenvalue weighted by atomic mass is 15.6. The molecular formula is C9H18N2. The molecule has 1 aliphatic carbocycles. The molecular weight excluding hydrogens is 136 g/mol. The first-order chi connectivity index (χ1) is 5.29. The van der Waals surface area contributed by atoms with Crippen LogP contribution in [0.15, 0.2) is 0 Å². The van der Waals surface area contributed by atoms with Crippen LogP contribution in [0.2, 0.25) is 0 Å². The Labute approximate surface area is 69.1 Å². The zero-order valence-electron chi connectivity index (χ0n) is 7.58. The van der Waals surface area contributed by atoms with Gasteiger partial charge in [-0.2, -0.15) is 0 Å². The predicted molar refractivity (Wildman–Crippen MR) is 46.1 cm³/mol. The lowest BCUT2D eigenvalue weighted by Crippen LogP contribution is -2.55. The Morgan fingerprint density at radius 3 is 2.45 bits per heavy atom. The third kappa shape index (κ3) is 1.18. The van der Waals surface area contributed by atoms with Crippen molar-refractivity contribution < 1.29 is 0 Å². The van der Waals surface area contributed by atoms with Crippen LogP contribution in [0.4, 0.5) is 0 Å². The van der Waals surface area contributed by atoms with Crippen molar-refractivity contribution in [2.24, 2.45) is 5.92 Å².